The van der Waals surface area contributed by atoms with Crippen LogP contribution in [0.4, 0.5) is 8.78 Å². The van der Waals surface area contributed by atoms with Crippen LogP contribution in [-0.2, 0) is 11.3 Å². The summed E-state index contributed by atoms with van der Waals surface area (Å²) in [6.07, 6.45) is 4.87. The van der Waals surface area contributed by atoms with Gasteiger partial charge in [0.05, 0.1) is 35.3 Å². The van der Waals surface area contributed by atoms with Crippen molar-refractivity contribution in [3.63, 3.8) is 0 Å². The molecule has 1 atom stereocenters. The summed E-state index contributed by atoms with van der Waals surface area (Å²) < 4.78 is 27.4. The summed E-state index contributed by atoms with van der Waals surface area (Å²) in [5.41, 5.74) is 1.56. The maximum absolute atomic E-state index is 14.2. The van der Waals surface area contributed by atoms with Gasteiger partial charge >= 0.3 is 0 Å². The van der Waals surface area contributed by atoms with E-state index in [1.54, 1.807) is 24.0 Å². The molecular weight excluding hydrogens is 478 g/mol. The van der Waals surface area contributed by atoms with Gasteiger partial charge in [-0.2, -0.15) is 5.10 Å². The van der Waals surface area contributed by atoms with Gasteiger partial charge in [0, 0.05) is 29.3 Å². The number of aryl methyl sites for hydroxylation is 1. The topological polar surface area (TPSA) is 104 Å². The minimum Gasteiger partial charge on any atom is -0.350 e. The van der Waals surface area contributed by atoms with Gasteiger partial charge in [-0.3, -0.25) is 24.7 Å². The number of aromatic nitrogens is 4. The molecule has 3 aromatic rings. The van der Waals surface area contributed by atoms with E-state index in [-0.39, 0.29) is 46.1 Å². The second kappa shape index (κ2) is 8.99. The predicted octanol–water partition coefficient (Wildman–Crippen LogP) is 3.81. The predicted molar refractivity (Wildman–Crippen MR) is 123 cm³/mol. The largest absolute Gasteiger partial charge is 0.350 e. The van der Waals surface area contributed by atoms with Crippen molar-refractivity contribution >= 4 is 23.4 Å². The third kappa shape index (κ3) is 4.62. The lowest BCUT2D eigenvalue weighted by atomic mass is 9.88. The van der Waals surface area contributed by atoms with Crippen molar-refractivity contribution in [1.82, 2.24) is 30.4 Å². The maximum atomic E-state index is 14.2. The molecule has 1 aliphatic heterocycles. The van der Waals surface area contributed by atoms with E-state index >= 15 is 0 Å². The van der Waals surface area contributed by atoms with E-state index in [1.165, 1.54) is 0 Å². The normalized spacial score (nSPS) is 18.5. The maximum Gasteiger partial charge on any atom is 0.272 e. The zero-order chi connectivity index (χ0) is 24.7. The number of likely N-dealkylation sites (tertiary alicyclic amines) is 1. The number of rotatable bonds is 5. The third-order valence-electron chi connectivity index (χ3n) is 6.73. The molecular formula is C24H23ClF2N6O2. The Morgan fingerprint density at radius 1 is 1.23 bits per heavy atom. The van der Waals surface area contributed by atoms with Gasteiger partial charge in [-0.05, 0) is 50.8 Å². The fourth-order valence-corrected chi connectivity index (χ4v) is 4.91. The SMILES string of the molecule is Cc1cc(-c2cc(C(=O)N3CC[C@@H](C(=O)NCc4ncc(F)cc4Cl)CC34CC4)[nH]n2)c(F)cn1. The number of amides is 2. The van der Waals surface area contributed by atoms with E-state index in [0.29, 0.717) is 36.5 Å². The Labute approximate surface area is 205 Å². The number of carbonyl (C=O) groups excluding carboxylic acids is 2. The lowest BCUT2D eigenvalue weighted by molar-refractivity contribution is -0.127. The Bertz CT molecular complexity index is 1310. The summed E-state index contributed by atoms with van der Waals surface area (Å²) >= 11 is 5.99. The van der Waals surface area contributed by atoms with Crippen molar-refractivity contribution in [3.05, 3.63) is 64.3 Å². The summed E-state index contributed by atoms with van der Waals surface area (Å²) in [4.78, 5) is 35.8. The first-order chi connectivity index (χ1) is 16.8. The summed E-state index contributed by atoms with van der Waals surface area (Å²) in [5, 5.41) is 9.87. The van der Waals surface area contributed by atoms with Crippen LogP contribution in [0.5, 0.6) is 0 Å². The van der Waals surface area contributed by atoms with Gasteiger partial charge in [-0.1, -0.05) is 11.6 Å². The molecule has 11 heteroatoms. The van der Waals surface area contributed by atoms with Crippen molar-refractivity contribution in [2.45, 2.75) is 44.7 Å². The Morgan fingerprint density at radius 3 is 2.77 bits per heavy atom. The average Bonchev–Trinajstić information content (AvgIpc) is 3.40. The molecule has 182 valence electrons. The van der Waals surface area contributed by atoms with E-state index in [9.17, 15) is 18.4 Å². The van der Waals surface area contributed by atoms with Crippen LogP contribution in [0.15, 0.2) is 30.6 Å². The van der Waals surface area contributed by atoms with E-state index in [0.717, 1.165) is 31.3 Å². The number of pyridine rings is 2. The Balaban J connectivity index is 1.24. The Hall–Kier alpha value is -3.40. The minimum atomic E-state index is -0.539. The van der Waals surface area contributed by atoms with Crippen molar-refractivity contribution in [2.24, 2.45) is 5.92 Å². The van der Waals surface area contributed by atoms with Crippen LogP contribution < -0.4 is 5.32 Å². The van der Waals surface area contributed by atoms with Gasteiger partial charge in [0.25, 0.3) is 5.91 Å². The van der Waals surface area contributed by atoms with Crippen LogP contribution in [-0.4, -0.2) is 49.0 Å². The second-order valence-corrected chi connectivity index (χ2v) is 9.55. The van der Waals surface area contributed by atoms with Crippen molar-refractivity contribution in [3.8, 4) is 11.3 Å². The monoisotopic (exact) mass is 500 g/mol. The smallest absolute Gasteiger partial charge is 0.272 e. The highest BCUT2D eigenvalue weighted by Gasteiger charge is 2.54. The number of H-pyrrole nitrogens is 1. The highest BCUT2D eigenvalue weighted by atomic mass is 35.5. The summed E-state index contributed by atoms with van der Waals surface area (Å²) in [6, 6.07) is 4.29. The highest BCUT2D eigenvalue weighted by Crippen LogP contribution is 2.50. The van der Waals surface area contributed by atoms with Gasteiger partial charge < -0.3 is 10.2 Å². The number of halogens is 3. The fraction of sp³-hybridized carbons (Fsp3) is 0.375. The summed E-state index contributed by atoms with van der Waals surface area (Å²) in [5.74, 6) is -1.66. The number of aromatic amines is 1. The Morgan fingerprint density at radius 2 is 2.03 bits per heavy atom. The molecule has 35 heavy (non-hydrogen) atoms. The van der Waals surface area contributed by atoms with Crippen LogP contribution in [0, 0.1) is 24.5 Å². The summed E-state index contributed by atoms with van der Waals surface area (Å²) in [7, 11) is 0. The molecule has 0 aromatic carbocycles. The first-order valence-corrected chi connectivity index (χ1v) is 11.7. The second-order valence-electron chi connectivity index (χ2n) is 9.14. The minimum absolute atomic E-state index is 0.103. The molecule has 2 amide bonds. The zero-order valence-electron chi connectivity index (χ0n) is 18.9. The molecule has 1 saturated carbocycles. The van der Waals surface area contributed by atoms with Crippen LogP contribution >= 0.6 is 11.6 Å². The molecule has 0 unspecified atom stereocenters. The zero-order valence-corrected chi connectivity index (χ0v) is 19.7. The van der Waals surface area contributed by atoms with Crippen molar-refractivity contribution in [1.29, 1.82) is 0 Å². The number of hydrogen-bond donors (Lipinski definition) is 2. The molecule has 1 spiro atoms. The lowest BCUT2D eigenvalue weighted by Gasteiger charge is -2.39. The first kappa shape index (κ1) is 23.3. The van der Waals surface area contributed by atoms with E-state index in [2.05, 4.69) is 25.5 Å². The highest BCUT2D eigenvalue weighted by molar-refractivity contribution is 6.31. The molecule has 4 heterocycles. The quantitative estimate of drug-likeness (QED) is 0.554. The molecule has 5 rings (SSSR count). The number of nitrogens with one attached hydrogen (secondary N) is 2. The molecule has 0 radical (unpaired) electrons. The van der Waals surface area contributed by atoms with Crippen LogP contribution in [0.2, 0.25) is 5.02 Å². The number of nitrogens with zero attached hydrogens (tertiary/aromatic N) is 4. The summed E-state index contributed by atoms with van der Waals surface area (Å²) in [6.45, 7) is 2.28. The molecule has 2 aliphatic rings. The van der Waals surface area contributed by atoms with E-state index < -0.39 is 11.6 Å². The van der Waals surface area contributed by atoms with Crippen molar-refractivity contribution in [2.75, 3.05) is 6.54 Å². The average molecular weight is 501 g/mol. The standard InChI is InChI=1S/C24H23ClF2N6O2/c1-13-6-16(18(27)11-28-13)19-8-20(32-31-19)23(35)33-5-2-14(9-24(33)3-4-24)22(34)30-12-21-17(25)7-15(26)10-29-21/h6-8,10-11,14H,2-5,9,12H2,1H3,(H,30,34)(H,31,32)/t14-/m1/s1. The van der Waals surface area contributed by atoms with Gasteiger partial charge in [-0.15, -0.1) is 0 Å². The molecule has 0 bridgehead atoms. The van der Waals surface area contributed by atoms with Crippen molar-refractivity contribution < 1.29 is 18.4 Å². The van der Waals surface area contributed by atoms with Crippen LogP contribution in [0.25, 0.3) is 11.3 Å². The van der Waals surface area contributed by atoms with Crippen LogP contribution in [0.1, 0.15) is 47.6 Å². The molecule has 3 aromatic heterocycles. The van der Waals surface area contributed by atoms with Gasteiger partial charge in [-0.25, -0.2) is 8.78 Å². The molecule has 1 aliphatic carbocycles. The Kier molecular flexibility index (Phi) is 6.00. The lowest BCUT2D eigenvalue weighted by Crippen LogP contribution is -2.50. The number of piperidine rings is 1. The van der Waals surface area contributed by atoms with Gasteiger partial charge in [0.1, 0.15) is 11.5 Å². The van der Waals surface area contributed by atoms with E-state index in [4.69, 9.17) is 11.6 Å². The molecule has 8 nitrogen and oxygen atoms in total. The number of carbonyl (C=O) groups is 2. The first-order valence-electron chi connectivity index (χ1n) is 11.3. The van der Waals surface area contributed by atoms with Gasteiger partial charge in [0.2, 0.25) is 5.91 Å². The molecule has 1 saturated heterocycles. The van der Waals surface area contributed by atoms with E-state index in [1.807, 2.05) is 0 Å². The number of hydrogen-bond acceptors (Lipinski definition) is 5. The third-order valence-corrected chi connectivity index (χ3v) is 7.06. The van der Waals surface area contributed by atoms with Crippen LogP contribution in [0.3, 0.4) is 0 Å². The molecule has 2 fully saturated rings. The molecule has 2 N–H and O–H groups in total. The fourth-order valence-electron chi connectivity index (χ4n) is 4.69. The van der Waals surface area contributed by atoms with Gasteiger partial charge in [0.15, 0.2) is 5.82 Å².